The highest BCUT2D eigenvalue weighted by atomic mass is 16.2. The normalized spacial score (nSPS) is 17.4. The molecule has 1 aliphatic heterocycles. The van der Waals surface area contributed by atoms with Crippen LogP contribution in [0.25, 0.3) is 10.9 Å². The van der Waals surface area contributed by atoms with E-state index < -0.39 is 0 Å². The maximum Gasteiger partial charge on any atom is 0.289 e. The number of aromatic nitrogens is 2. The van der Waals surface area contributed by atoms with Crippen LogP contribution in [0.15, 0.2) is 41.3 Å². The molecule has 1 fully saturated rings. The van der Waals surface area contributed by atoms with Crippen molar-refractivity contribution in [3.63, 3.8) is 0 Å². The van der Waals surface area contributed by atoms with Crippen molar-refractivity contribution < 1.29 is 4.79 Å². The maximum atomic E-state index is 12.2. The fourth-order valence-corrected chi connectivity index (χ4v) is 3.73. The number of hydrogen-bond donors (Lipinski definition) is 1. The number of nitrogens with one attached hydrogen (secondary N) is 1. The van der Waals surface area contributed by atoms with Crippen molar-refractivity contribution in [1.29, 1.82) is 0 Å². The van der Waals surface area contributed by atoms with Crippen LogP contribution in [0.2, 0.25) is 0 Å². The minimum absolute atomic E-state index is 0.0347. The Kier molecular flexibility index (Phi) is 4.99. The van der Waals surface area contributed by atoms with Gasteiger partial charge in [-0.2, -0.15) is 0 Å². The monoisotopic (exact) mass is 364 g/mol. The zero-order chi connectivity index (χ0) is 18.8. The largest absolute Gasteiger partial charge is 0.347 e. The average molecular weight is 364 g/mol. The summed E-state index contributed by atoms with van der Waals surface area (Å²) in [5.74, 6) is 0.425. The van der Waals surface area contributed by atoms with E-state index in [1.165, 1.54) is 24.6 Å². The molecule has 1 aliphatic rings. The third-order valence-electron chi connectivity index (χ3n) is 5.50. The molecule has 1 unspecified atom stereocenters. The number of benzene rings is 1. The van der Waals surface area contributed by atoms with Gasteiger partial charge >= 0.3 is 0 Å². The standard InChI is InChI=1S/C21H24N4O2/c1-14(23-21(27)20-22-13-17-18(24-20)19(17)26)7-10-25-11-8-16(9-12-25)15-5-3-2-4-6-15/h2-6,13-14,16H,7-12H2,1H3,(H,23,27). The summed E-state index contributed by atoms with van der Waals surface area (Å²) < 4.78 is 0. The highest BCUT2D eigenvalue weighted by Crippen LogP contribution is 2.27. The smallest absolute Gasteiger partial charge is 0.289 e. The minimum atomic E-state index is -0.312. The molecular weight excluding hydrogens is 340 g/mol. The lowest BCUT2D eigenvalue weighted by atomic mass is 9.89. The minimum Gasteiger partial charge on any atom is -0.347 e. The predicted molar refractivity (Wildman–Crippen MR) is 105 cm³/mol. The van der Waals surface area contributed by atoms with Crippen molar-refractivity contribution in [1.82, 2.24) is 20.2 Å². The zero-order valence-electron chi connectivity index (χ0n) is 15.5. The molecular formula is C21H24N4O2. The summed E-state index contributed by atoms with van der Waals surface area (Å²) in [6.07, 6.45) is 4.68. The van der Waals surface area contributed by atoms with Gasteiger partial charge in [-0.15, -0.1) is 0 Å². The molecule has 1 saturated heterocycles. The van der Waals surface area contributed by atoms with Crippen LogP contribution in [0.5, 0.6) is 0 Å². The SMILES string of the molecule is CC(CCN1CCC(c2ccccc2)CC1)NC(=O)c1ncc2c(=O)c2n1. The Morgan fingerprint density at radius 3 is 2.70 bits per heavy atom. The van der Waals surface area contributed by atoms with E-state index in [0.717, 1.165) is 26.1 Å². The van der Waals surface area contributed by atoms with E-state index >= 15 is 0 Å². The van der Waals surface area contributed by atoms with Gasteiger partial charge in [0.1, 0.15) is 5.52 Å². The van der Waals surface area contributed by atoms with Gasteiger partial charge in [-0.25, -0.2) is 9.97 Å². The lowest BCUT2D eigenvalue weighted by Gasteiger charge is -2.32. The Morgan fingerprint density at radius 2 is 2.00 bits per heavy atom. The topological polar surface area (TPSA) is 75.2 Å². The first-order valence-electron chi connectivity index (χ1n) is 9.61. The number of amides is 1. The number of fused-ring (bicyclic) bond motifs is 1. The van der Waals surface area contributed by atoms with Gasteiger partial charge in [-0.3, -0.25) is 9.59 Å². The first-order chi connectivity index (χ1) is 13.1. The molecule has 1 N–H and O–H groups in total. The molecule has 27 heavy (non-hydrogen) atoms. The van der Waals surface area contributed by atoms with E-state index in [0.29, 0.717) is 16.8 Å². The van der Waals surface area contributed by atoms with Gasteiger partial charge in [-0.1, -0.05) is 30.3 Å². The molecule has 140 valence electrons. The number of carbonyl (C=O) groups is 1. The van der Waals surface area contributed by atoms with E-state index in [-0.39, 0.29) is 23.2 Å². The number of piperidine rings is 1. The van der Waals surface area contributed by atoms with E-state index in [1.807, 2.05) is 6.92 Å². The fourth-order valence-electron chi connectivity index (χ4n) is 3.73. The van der Waals surface area contributed by atoms with E-state index in [4.69, 9.17) is 0 Å². The van der Waals surface area contributed by atoms with Crippen molar-refractivity contribution in [2.45, 2.75) is 38.1 Å². The zero-order valence-corrected chi connectivity index (χ0v) is 15.5. The van der Waals surface area contributed by atoms with Gasteiger partial charge in [0.25, 0.3) is 5.91 Å². The fraction of sp³-hybridized carbons (Fsp3) is 0.429. The third-order valence-corrected chi connectivity index (χ3v) is 5.50. The summed E-state index contributed by atoms with van der Waals surface area (Å²) in [6, 6.07) is 10.8. The summed E-state index contributed by atoms with van der Waals surface area (Å²) in [4.78, 5) is 34.0. The number of nitrogens with zero attached hydrogens (tertiary/aromatic N) is 3. The second-order valence-corrected chi connectivity index (χ2v) is 7.47. The molecule has 1 aromatic heterocycles. The van der Waals surface area contributed by atoms with E-state index in [9.17, 15) is 9.59 Å². The quantitative estimate of drug-likeness (QED) is 0.726. The molecule has 1 atom stereocenters. The average Bonchev–Trinajstić information content (AvgIpc) is 3.36. The molecule has 0 saturated carbocycles. The molecule has 3 aromatic rings. The molecule has 0 aliphatic carbocycles. The van der Waals surface area contributed by atoms with Crippen molar-refractivity contribution in [2.75, 3.05) is 19.6 Å². The van der Waals surface area contributed by atoms with Crippen LogP contribution in [0.3, 0.4) is 0 Å². The van der Waals surface area contributed by atoms with Crippen LogP contribution >= 0.6 is 0 Å². The number of rotatable bonds is 6. The molecule has 4 rings (SSSR count). The third kappa shape index (κ3) is 4.06. The van der Waals surface area contributed by atoms with Crippen LogP contribution in [-0.2, 0) is 0 Å². The Balaban J connectivity index is 1.21. The van der Waals surface area contributed by atoms with Crippen LogP contribution in [0.4, 0.5) is 0 Å². The predicted octanol–water partition coefficient (Wildman–Crippen LogP) is 2.25. The molecule has 2 aromatic carbocycles. The highest BCUT2D eigenvalue weighted by molar-refractivity contribution is 5.97. The van der Waals surface area contributed by atoms with Crippen LogP contribution in [0, 0.1) is 0 Å². The Bertz CT molecular complexity index is 938. The van der Waals surface area contributed by atoms with Crippen LogP contribution in [0.1, 0.15) is 48.3 Å². The highest BCUT2D eigenvalue weighted by Gasteiger charge is 2.22. The molecule has 2 heterocycles. The molecule has 0 radical (unpaired) electrons. The molecule has 1 amide bonds. The number of carbonyl (C=O) groups excluding carboxylic acids is 1. The molecule has 6 nitrogen and oxygen atoms in total. The first-order valence-corrected chi connectivity index (χ1v) is 9.61. The summed E-state index contributed by atoms with van der Waals surface area (Å²) in [5, 5.41) is 3.46. The van der Waals surface area contributed by atoms with Crippen molar-refractivity contribution in [3.05, 3.63) is 58.1 Å². The lowest BCUT2D eigenvalue weighted by Crippen LogP contribution is -2.39. The van der Waals surface area contributed by atoms with Crippen molar-refractivity contribution >= 4 is 16.8 Å². The van der Waals surface area contributed by atoms with Gasteiger partial charge < -0.3 is 10.2 Å². The molecule has 6 heteroatoms. The summed E-state index contributed by atoms with van der Waals surface area (Å²) in [7, 11) is 0. The second kappa shape index (κ2) is 7.56. The first kappa shape index (κ1) is 17.8. The molecule has 0 bridgehead atoms. The van der Waals surface area contributed by atoms with Gasteiger partial charge in [0.05, 0.1) is 5.39 Å². The number of hydrogen-bond acceptors (Lipinski definition) is 5. The van der Waals surface area contributed by atoms with Gasteiger partial charge in [0, 0.05) is 18.8 Å². The van der Waals surface area contributed by atoms with Gasteiger partial charge in [-0.05, 0) is 50.8 Å². The van der Waals surface area contributed by atoms with E-state index in [2.05, 4.69) is 50.5 Å². The number of likely N-dealkylation sites (tertiary alicyclic amines) is 1. The van der Waals surface area contributed by atoms with Crippen molar-refractivity contribution in [2.24, 2.45) is 0 Å². The van der Waals surface area contributed by atoms with Gasteiger partial charge in [0.2, 0.25) is 11.3 Å². The summed E-state index contributed by atoms with van der Waals surface area (Å²) in [6.45, 7) is 5.15. The summed E-state index contributed by atoms with van der Waals surface area (Å²) >= 11 is 0. The Hall–Kier alpha value is -2.60. The van der Waals surface area contributed by atoms with Crippen LogP contribution < -0.4 is 10.7 Å². The van der Waals surface area contributed by atoms with Crippen LogP contribution in [-0.4, -0.2) is 46.5 Å². The lowest BCUT2D eigenvalue weighted by molar-refractivity contribution is 0.0924. The Morgan fingerprint density at radius 1 is 1.26 bits per heavy atom. The summed E-state index contributed by atoms with van der Waals surface area (Å²) in [5.41, 5.74) is 1.72. The van der Waals surface area contributed by atoms with E-state index in [1.54, 1.807) is 0 Å². The Labute approximate surface area is 158 Å². The molecule has 0 spiro atoms. The maximum absolute atomic E-state index is 12.2. The van der Waals surface area contributed by atoms with Crippen molar-refractivity contribution in [3.8, 4) is 0 Å². The van der Waals surface area contributed by atoms with Gasteiger partial charge in [0.15, 0.2) is 0 Å². The second-order valence-electron chi connectivity index (χ2n) is 7.47.